The van der Waals surface area contributed by atoms with E-state index in [0.717, 1.165) is 0 Å². The fourth-order valence-corrected chi connectivity index (χ4v) is 3.10. The zero-order valence-electron chi connectivity index (χ0n) is 18.3. The number of nitrogens with one attached hydrogen (secondary N) is 2. The number of aliphatic carboxylic acids is 1. The Bertz CT molecular complexity index is 1000. The average molecular weight is 455 g/mol. The van der Waals surface area contributed by atoms with E-state index in [9.17, 15) is 23.9 Å². The second kappa shape index (κ2) is 12.2. The number of ether oxygens (including phenoxy) is 1. The number of carbonyl (C=O) groups excluding carboxylic acids is 2. The number of carboxylic acid groups (broad SMARTS) is 1. The first-order valence-corrected chi connectivity index (χ1v) is 10.5. The van der Waals surface area contributed by atoms with Gasteiger partial charge in [0.05, 0.1) is 18.9 Å². The number of halogens is 1. The van der Waals surface area contributed by atoms with E-state index in [1.165, 1.54) is 24.3 Å². The number of nitrogens with zero attached hydrogens (tertiary/aromatic N) is 1. The van der Waals surface area contributed by atoms with Gasteiger partial charge in [0.1, 0.15) is 12.4 Å². The van der Waals surface area contributed by atoms with Gasteiger partial charge in [-0.2, -0.15) is 5.26 Å². The van der Waals surface area contributed by atoms with E-state index in [1.807, 2.05) is 13.0 Å². The molecule has 33 heavy (non-hydrogen) atoms. The van der Waals surface area contributed by atoms with E-state index in [4.69, 9.17) is 10.00 Å². The predicted octanol–water partition coefficient (Wildman–Crippen LogP) is 4.16. The van der Waals surface area contributed by atoms with E-state index in [1.54, 1.807) is 24.3 Å². The Balaban J connectivity index is 1.89. The maximum absolute atomic E-state index is 12.9. The van der Waals surface area contributed by atoms with Crippen molar-refractivity contribution in [2.75, 3.05) is 5.32 Å². The lowest BCUT2D eigenvalue weighted by Gasteiger charge is -2.27. The monoisotopic (exact) mass is 455 g/mol. The fraction of sp³-hybridized carbons (Fsp3) is 0.333. The number of unbranched alkanes of at least 4 members (excludes halogenated alkanes) is 1. The maximum Gasteiger partial charge on any atom is 0.408 e. The highest BCUT2D eigenvalue weighted by Gasteiger charge is 2.40. The third-order valence-electron chi connectivity index (χ3n) is 4.97. The van der Waals surface area contributed by atoms with Gasteiger partial charge in [0.2, 0.25) is 5.91 Å². The normalized spacial score (nSPS) is 12.2. The van der Waals surface area contributed by atoms with Crippen LogP contribution in [0.4, 0.5) is 14.9 Å². The average Bonchev–Trinajstić information content (AvgIpc) is 2.78. The Labute approximate surface area is 191 Å². The molecular formula is C24H26FN3O5. The van der Waals surface area contributed by atoms with Gasteiger partial charge in [0.15, 0.2) is 5.54 Å². The molecule has 2 rings (SSSR count). The number of carbonyl (C=O) groups is 3. The minimum atomic E-state index is -1.69. The molecule has 0 aliphatic rings. The predicted molar refractivity (Wildman–Crippen MR) is 119 cm³/mol. The van der Waals surface area contributed by atoms with E-state index >= 15 is 0 Å². The second-order valence-electron chi connectivity index (χ2n) is 7.58. The van der Waals surface area contributed by atoms with Gasteiger partial charge in [-0.15, -0.1) is 0 Å². The number of amides is 2. The fourth-order valence-electron chi connectivity index (χ4n) is 3.10. The first kappa shape index (κ1) is 25.3. The van der Waals surface area contributed by atoms with Gasteiger partial charge < -0.3 is 20.5 Å². The third-order valence-corrected chi connectivity index (χ3v) is 4.97. The molecule has 2 amide bonds. The molecule has 2 aromatic carbocycles. The summed E-state index contributed by atoms with van der Waals surface area (Å²) in [5.74, 6) is -1.92. The van der Waals surface area contributed by atoms with Crippen molar-refractivity contribution < 1.29 is 28.6 Å². The summed E-state index contributed by atoms with van der Waals surface area (Å²) in [6.45, 7) is 1.76. The Morgan fingerprint density at radius 1 is 1.09 bits per heavy atom. The van der Waals surface area contributed by atoms with Crippen molar-refractivity contribution in [3.63, 3.8) is 0 Å². The lowest BCUT2D eigenvalue weighted by molar-refractivity contribution is -0.145. The van der Waals surface area contributed by atoms with Crippen LogP contribution in [0.25, 0.3) is 0 Å². The quantitative estimate of drug-likeness (QED) is 0.467. The molecule has 1 atom stereocenters. The molecule has 2 aromatic rings. The number of alkyl carbamates (subject to hydrolysis) is 1. The van der Waals surface area contributed by atoms with Crippen molar-refractivity contribution >= 4 is 23.7 Å². The SMILES string of the molecule is CCCC[C@@](CC#N)(NC(=O)OCc1ccc(NC(=O)Cc2ccc(F)cc2)cc1)C(=O)O. The zero-order valence-corrected chi connectivity index (χ0v) is 18.3. The molecule has 0 saturated carbocycles. The lowest BCUT2D eigenvalue weighted by Crippen LogP contribution is -2.54. The molecule has 0 aromatic heterocycles. The summed E-state index contributed by atoms with van der Waals surface area (Å²) in [6.07, 6.45) is 0.155. The van der Waals surface area contributed by atoms with Crippen LogP contribution in [0.5, 0.6) is 0 Å². The maximum atomic E-state index is 12.9. The second-order valence-corrected chi connectivity index (χ2v) is 7.58. The molecule has 8 nitrogen and oxygen atoms in total. The number of benzene rings is 2. The van der Waals surface area contributed by atoms with Gasteiger partial charge in [0, 0.05) is 5.69 Å². The molecule has 0 saturated heterocycles. The topological polar surface area (TPSA) is 129 Å². The van der Waals surface area contributed by atoms with Crippen molar-refractivity contribution in [2.24, 2.45) is 0 Å². The first-order chi connectivity index (χ1) is 15.8. The summed E-state index contributed by atoms with van der Waals surface area (Å²) in [7, 11) is 0. The van der Waals surface area contributed by atoms with Crippen LogP contribution >= 0.6 is 0 Å². The number of anilines is 1. The molecule has 0 aliphatic heterocycles. The van der Waals surface area contributed by atoms with Crippen LogP contribution in [0, 0.1) is 17.1 Å². The van der Waals surface area contributed by atoms with Crippen LogP contribution in [0.3, 0.4) is 0 Å². The number of hydrogen-bond acceptors (Lipinski definition) is 5. The lowest BCUT2D eigenvalue weighted by atomic mass is 9.90. The highest BCUT2D eigenvalue weighted by atomic mass is 19.1. The number of rotatable bonds is 11. The standard InChI is InChI=1S/C24H26FN3O5/c1-2-3-12-24(13-14-26,22(30)31)28-23(32)33-16-18-6-10-20(11-7-18)27-21(29)15-17-4-8-19(25)9-5-17/h4-11H,2-3,12-13,15-16H2,1H3,(H,27,29)(H,28,32)(H,30,31)/t24-/m0/s1. The summed E-state index contributed by atoms with van der Waals surface area (Å²) in [4.78, 5) is 36.0. The van der Waals surface area contributed by atoms with Gasteiger partial charge >= 0.3 is 12.1 Å². The highest BCUT2D eigenvalue weighted by molar-refractivity contribution is 5.92. The zero-order chi connectivity index (χ0) is 24.3. The van der Waals surface area contributed by atoms with Gasteiger partial charge in [-0.05, 0) is 41.8 Å². The molecule has 174 valence electrons. The van der Waals surface area contributed by atoms with Crippen LogP contribution < -0.4 is 10.6 Å². The van der Waals surface area contributed by atoms with Crippen molar-refractivity contribution in [1.29, 1.82) is 5.26 Å². The van der Waals surface area contributed by atoms with Gasteiger partial charge in [0.25, 0.3) is 0 Å². The van der Waals surface area contributed by atoms with Crippen molar-refractivity contribution in [2.45, 2.75) is 51.2 Å². The Kier molecular flexibility index (Phi) is 9.36. The summed E-state index contributed by atoms with van der Waals surface area (Å²) in [5.41, 5.74) is 0.142. The molecule has 0 bridgehead atoms. The molecule has 0 spiro atoms. The van der Waals surface area contributed by atoms with Crippen LogP contribution in [-0.4, -0.2) is 28.6 Å². The summed E-state index contributed by atoms with van der Waals surface area (Å²) in [5, 5.41) is 23.6. The number of carboxylic acids is 1. The highest BCUT2D eigenvalue weighted by Crippen LogP contribution is 2.20. The van der Waals surface area contributed by atoms with Gasteiger partial charge in [-0.1, -0.05) is 44.0 Å². The molecule has 0 unspecified atom stereocenters. The minimum Gasteiger partial charge on any atom is -0.479 e. The van der Waals surface area contributed by atoms with Crippen molar-refractivity contribution in [1.82, 2.24) is 5.32 Å². The molecule has 0 fully saturated rings. The molecule has 0 radical (unpaired) electrons. The summed E-state index contributed by atoms with van der Waals surface area (Å²) < 4.78 is 18.1. The minimum absolute atomic E-state index is 0.0946. The van der Waals surface area contributed by atoms with Crippen LogP contribution in [0.1, 0.15) is 43.7 Å². The summed E-state index contributed by atoms with van der Waals surface area (Å²) in [6, 6.07) is 14.0. The molecule has 9 heteroatoms. The third kappa shape index (κ3) is 7.92. The first-order valence-electron chi connectivity index (χ1n) is 10.5. The molecule has 0 aliphatic carbocycles. The Morgan fingerprint density at radius 2 is 1.73 bits per heavy atom. The smallest absolute Gasteiger partial charge is 0.408 e. The number of nitriles is 1. The molecule has 3 N–H and O–H groups in total. The van der Waals surface area contributed by atoms with Crippen LogP contribution in [-0.2, 0) is 27.4 Å². The number of hydrogen-bond donors (Lipinski definition) is 3. The van der Waals surface area contributed by atoms with Gasteiger partial charge in [-0.3, -0.25) is 4.79 Å². The molecular weight excluding hydrogens is 429 g/mol. The van der Waals surface area contributed by atoms with E-state index in [2.05, 4.69) is 10.6 Å². The van der Waals surface area contributed by atoms with Crippen molar-refractivity contribution in [3.05, 3.63) is 65.5 Å². The largest absolute Gasteiger partial charge is 0.479 e. The Hall–Kier alpha value is -3.93. The van der Waals surface area contributed by atoms with E-state index in [0.29, 0.717) is 29.7 Å². The van der Waals surface area contributed by atoms with Gasteiger partial charge in [-0.25, -0.2) is 14.0 Å². The van der Waals surface area contributed by atoms with E-state index < -0.39 is 17.6 Å². The van der Waals surface area contributed by atoms with Crippen LogP contribution in [0.2, 0.25) is 0 Å². The van der Waals surface area contributed by atoms with Crippen LogP contribution in [0.15, 0.2) is 48.5 Å². The Morgan fingerprint density at radius 3 is 2.30 bits per heavy atom. The summed E-state index contributed by atoms with van der Waals surface area (Å²) >= 11 is 0. The van der Waals surface area contributed by atoms with E-state index in [-0.39, 0.29) is 37.6 Å². The molecule has 0 heterocycles. The van der Waals surface area contributed by atoms with Crippen molar-refractivity contribution in [3.8, 4) is 6.07 Å².